The maximum atomic E-state index is 14.1. The summed E-state index contributed by atoms with van der Waals surface area (Å²) in [4.78, 5) is 14.0. The summed E-state index contributed by atoms with van der Waals surface area (Å²) in [7, 11) is 0. The van der Waals surface area contributed by atoms with E-state index in [1.54, 1.807) is 35.3 Å². The Morgan fingerprint density at radius 1 is 1.14 bits per heavy atom. The first-order valence-corrected chi connectivity index (χ1v) is 9.98. The van der Waals surface area contributed by atoms with E-state index in [-0.39, 0.29) is 17.7 Å². The van der Waals surface area contributed by atoms with Crippen LogP contribution in [0, 0.1) is 17.6 Å². The minimum Gasteiger partial charge on any atom is -0.309 e. The number of amides is 1. The largest absolute Gasteiger partial charge is 0.309 e. The summed E-state index contributed by atoms with van der Waals surface area (Å²) >= 11 is 12.5. The molecule has 0 N–H and O–H groups in total. The topological polar surface area (TPSA) is 20.3 Å². The third kappa shape index (κ3) is 5.68. The molecular weight excluding hydrogens is 415 g/mol. The summed E-state index contributed by atoms with van der Waals surface area (Å²) in [5, 5.41) is 0.809. The van der Waals surface area contributed by atoms with Gasteiger partial charge < -0.3 is 4.90 Å². The number of allylic oxidation sites excluding steroid dienone is 2. The molecule has 6 heteroatoms. The van der Waals surface area contributed by atoms with E-state index in [4.69, 9.17) is 23.2 Å². The van der Waals surface area contributed by atoms with E-state index >= 15 is 0 Å². The third-order valence-corrected chi connectivity index (χ3v) is 5.59. The highest BCUT2D eigenvalue weighted by atomic mass is 35.5. The maximum absolute atomic E-state index is 14.1. The summed E-state index contributed by atoms with van der Waals surface area (Å²) in [6.07, 6.45) is 4.24. The van der Waals surface area contributed by atoms with Crippen molar-refractivity contribution in [2.24, 2.45) is 5.92 Å². The molecule has 0 aliphatic carbocycles. The van der Waals surface area contributed by atoms with E-state index in [9.17, 15) is 13.6 Å². The van der Waals surface area contributed by atoms with Crippen LogP contribution in [0.2, 0.25) is 10.0 Å². The van der Waals surface area contributed by atoms with E-state index in [0.717, 1.165) is 6.07 Å². The van der Waals surface area contributed by atoms with Gasteiger partial charge in [0.25, 0.3) is 0 Å². The van der Waals surface area contributed by atoms with E-state index < -0.39 is 11.6 Å². The standard InChI is InChI=1S/C19H17Cl2F2NO.C4H6/c1-11(14-7-6-13(22)9-17(14)23)12-5-8-18(25)24(10-12)19-15(20)3-2-4-16(19)21;1-3-4-2/h2-4,6-7,9,11-12H,5,8,10H2,1H3;3-4H,1-2H2. The SMILES string of the molecule is C=CC=C.CC(c1ccc(F)cc1F)C1CCC(=O)N(c2c(Cl)cccc2Cl)C1. The van der Waals surface area contributed by atoms with Gasteiger partial charge in [-0.1, -0.05) is 67.6 Å². The second-order valence-electron chi connectivity index (χ2n) is 6.80. The molecule has 0 radical (unpaired) electrons. The number of para-hydroxylation sites is 1. The molecule has 1 fully saturated rings. The fourth-order valence-corrected chi connectivity index (χ4v) is 3.97. The Kier molecular flexibility index (Phi) is 8.42. The molecule has 3 rings (SSSR count). The summed E-state index contributed by atoms with van der Waals surface area (Å²) in [6, 6.07) is 8.70. The van der Waals surface area contributed by atoms with Crippen molar-refractivity contribution < 1.29 is 13.6 Å². The monoisotopic (exact) mass is 437 g/mol. The van der Waals surface area contributed by atoms with Gasteiger partial charge in [0, 0.05) is 19.0 Å². The molecule has 2 aromatic carbocycles. The number of piperidine rings is 1. The molecule has 2 aromatic rings. The Bertz CT molecular complexity index is 874. The van der Waals surface area contributed by atoms with Crippen LogP contribution in [0.25, 0.3) is 0 Å². The van der Waals surface area contributed by atoms with Gasteiger partial charge in [-0.2, -0.15) is 0 Å². The first kappa shape index (κ1) is 23.1. The molecule has 1 aliphatic rings. The minimum atomic E-state index is -0.600. The molecule has 29 heavy (non-hydrogen) atoms. The van der Waals surface area contributed by atoms with E-state index in [1.165, 1.54) is 12.1 Å². The van der Waals surface area contributed by atoms with Crippen LogP contribution < -0.4 is 4.90 Å². The highest BCUT2D eigenvalue weighted by Gasteiger charge is 2.33. The van der Waals surface area contributed by atoms with Crippen molar-refractivity contribution in [1.82, 2.24) is 0 Å². The molecule has 1 amide bonds. The number of rotatable bonds is 4. The molecule has 1 heterocycles. The van der Waals surface area contributed by atoms with Gasteiger partial charge in [0.2, 0.25) is 5.91 Å². The number of nitrogens with zero attached hydrogens (tertiary/aromatic N) is 1. The second kappa shape index (κ2) is 10.6. The zero-order valence-corrected chi connectivity index (χ0v) is 17.7. The Balaban J connectivity index is 0.000000687. The third-order valence-electron chi connectivity index (χ3n) is 4.98. The number of hydrogen-bond acceptors (Lipinski definition) is 1. The summed E-state index contributed by atoms with van der Waals surface area (Å²) < 4.78 is 27.3. The van der Waals surface area contributed by atoms with Gasteiger partial charge in [0.15, 0.2) is 0 Å². The van der Waals surface area contributed by atoms with Crippen molar-refractivity contribution in [2.75, 3.05) is 11.4 Å². The first-order chi connectivity index (χ1) is 13.8. The van der Waals surface area contributed by atoms with Crippen LogP contribution in [0.3, 0.4) is 0 Å². The Morgan fingerprint density at radius 2 is 1.76 bits per heavy atom. The van der Waals surface area contributed by atoms with Gasteiger partial charge in [-0.15, -0.1) is 0 Å². The lowest BCUT2D eigenvalue weighted by Gasteiger charge is -2.36. The van der Waals surface area contributed by atoms with Crippen molar-refractivity contribution >= 4 is 34.8 Å². The lowest BCUT2D eigenvalue weighted by Crippen LogP contribution is -2.42. The van der Waals surface area contributed by atoms with Crippen LogP contribution in [0.4, 0.5) is 14.5 Å². The van der Waals surface area contributed by atoms with Gasteiger partial charge in [-0.3, -0.25) is 4.79 Å². The number of carbonyl (C=O) groups excluding carboxylic acids is 1. The van der Waals surface area contributed by atoms with E-state index in [0.29, 0.717) is 40.7 Å². The van der Waals surface area contributed by atoms with E-state index in [2.05, 4.69) is 13.2 Å². The molecule has 0 saturated carbocycles. The zero-order valence-electron chi connectivity index (χ0n) is 16.2. The summed E-state index contributed by atoms with van der Waals surface area (Å²) in [5.74, 6) is -1.37. The summed E-state index contributed by atoms with van der Waals surface area (Å²) in [6.45, 7) is 9.00. The minimum absolute atomic E-state index is 0.0185. The van der Waals surface area contributed by atoms with Crippen LogP contribution >= 0.6 is 23.2 Å². The molecule has 2 unspecified atom stereocenters. The van der Waals surface area contributed by atoms with Crippen LogP contribution in [-0.4, -0.2) is 12.5 Å². The van der Waals surface area contributed by atoms with Crippen molar-refractivity contribution in [3.63, 3.8) is 0 Å². The van der Waals surface area contributed by atoms with Gasteiger partial charge >= 0.3 is 0 Å². The lowest BCUT2D eigenvalue weighted by atomic mass is 9.81. The zero-order chi connectivity index (χ0) is 21.6. The lowest BCUT2D eigenvalue weighted by molar-refractivity contribution is -0.120. The van der Waals surface area contributed by atoms with Crippen LogP contribution in [0.15, 0.2) is 61.7 Å². The maximum Gasteiger partial charge on any atom is 0.227 e. The quantitative estimate of drug-likeness (QED) is 0.463. The number of hydrogen-bond donors (Lipinski definition) is 0. The molecule has 2 atom stereocenters. The predicted octanol–water partition coefficient (Wildman–Crippen LogP) is 7.18. The normalized spacial score (nSPS) is 17.2. The summed E-state index contributed by atoms with van der Waals surface area (Å²) in [5.41, 5.74) is 0.943. The van der Waals surface area contributed by atoms with Crippen molar-refractivity contribution in [3.8, 4) is 0 Å². The van der Waals surface area contributed by atoms with Crippen molar-refractivity contribution in [1.29, 1.82) is 0 Å². The fourth-order valence-electron chi connectivity index (χ4n) is 3.37. The van der Waals surface area contributed by atoms with Crippen LogP contribution in [0.1, 0.15) is 31.2 Å². The van der Waals surface area contributed by atoms with Crippen LogP contribution in [0.5, 0.6) is 0 Å². The fraction of sp³-hybridized carbons (Fsp3) is 0.261. The van der Waals surface area contributed by atoms with Gasteiger partial charge in [-0.25, -0.2) is 8.78 Å². The van der Waals surface area contributed by atoms with Gasteiger partial charge in [0.1, 0.15) is 11.6 Å². The van der Waals surface area contributed by atoms with Gasteiger partial charge in [0.05, 0.1) is 15.7 Å². The Hall–Kier alpha value is -2.17. The molecule has 0 aromatic heterocycles. The molecular formula is C23H23Cl2F2NO. The number of anilines is 1. The molecule has 0 spiro atoms. The highest BCUT2D eigenvalue weighted by Crippen LogP contribution is 2.39. The first-order valence-electron chi connectivity index (χ1n) is 9.22. The molecule has 1 aliphatic heterocycles. The van der Waals surface area contributed by atoms with Crippen molar-refractivity contribution in [3.05, 3.63) is 89.0 Å². The predicted molar refractivity (Wildman–Crippen MR) is 117 cm³/mol. The molecule has 1 saturated heterocycles. The Morgan fingerprint density at radius 3 is 2.31 bits per heavy atom. The number of carbonyl (C=O) groups is 1. The Labute approximate surface area is 180 Å². The van der Waals surface area contributed by atoms with Gasteiger partial charge in [-0.05, 0) is 42.0 Å². The average molecular weight is 438 g/mol. The van der Waals surface area contributed by atoms with E-state index in [1.807, 2.05) is 6.92 Å². The van der Waals surface area contributed by atoms with Crippen molar-refractivity contribution in [2.45, 2.75) is 25.7 Å². The number of benzene rings is 2. The number of halogens is 4. The average Bonchev–Trinajstić information content (AvgIpc) is 2.69. The van der Waals surface area contributed by atoms with Crippen LogP contribution in [-0.2, 0) is 4.79 Å². The second-order valence-corrected chi connectivity index (χ2v) is 7.61. The highest BCUT2D eigenvalue weighted by molar-refractivity contribution is 6.39. The molecule has 154 valence electrons. The smallest absolute Gasteiger partial charge is 0.227 e. The molecule has 0 bridgehead atoms. The molecule has 2 nitrogen and oxygen atoms in total.